The Morgan fingerprint density at radius 1 is 1.39 bits per heavy atom. The molecule has 2 unspecified atom stereocenters. The van der Waals surface area contributed by atoms with Crippen LogP contribution in [0.25, 0.3) is 0 Å². The Bertz CT molecular complexity index is 614. The number of likely N-dealkylation sites (tertiary alicyclic amines) is 1. The lowest BCUT2D eigenvalue weighted by Gasteiger charge is -2.29. The van der Waals surface area contributed by atoms with Gasteiger partial charge in [-0.05, 0) is 24.5 Å². The lowest BCUT2D eigenvalue weighted by atomic mass is 9.93. The van der Waals surface area contributed by atoms with Crippen molar-refractivity contribution in [3.8, 4) is 0 Å². The Kier molecular flexibility index (Phi) is 5.36. The molecule has 0 aliphatic carbocycles. The van der Waals surface area contributed by atoms with Gasteiger partial charge in [-0.3, -0.25) is 14.4 Å². The number of carbonyl (C=O) groups is 3. The normalized spacial score (nSPS) is 19.3. The fourth-order valence-corrected chi connectivity index (χ4v) is 2.85. The summed E-state index contributed by atoms with van der Waals surface area (Å²) < 4.78 is 0. The molecule has 0 aromatic heterocycles. The molecule has 2 N–H and O–H groups in total. The van der Waals surface area contributed by atoms with Crippen LogP contribution in [-0.2, 0) is 14.4 Å². The minimum Gasteiger partial charge on any atom is -0.481 e. The first-order chi connectivity index (χ1) is 10.9. The Labute approximate surface area is 135 Å². The molecule has 0 spiro atoms. The Balaban J connectivity index is 2.12. The van der Waals surface area contributed by atoms with Crippen LogP contribution in [0.3, 0.4) is 0 Å². The lowest BCUT2D eigenvalue weighted by Crippen LogP contribution is -2.43. The van der Waals surface area contributed by atoms with Crippen molar-refractivity contribution >= 4 is 17.8 Å². The zero-order valence-corrected chi connectivity index (χ0v) is 13.4. The van der Waals surface area contributed by atoms with E-state index in [4.69, 9.17) is 5.11 Å². The molecule has 124 valence electrons. The van der Waals surface area contributed by atoms with Crippen molar-refractivity contribution in [2.24, 2.45) is 5.92 Å². The van der Waals surface area contributed by atoms with E-state index in [0.29, 0.717) is 13.0 Å². The van der Waals surface area contributed by atoms with E-state index >= 15 is 0 Å². The van der Waals surface area contributed by atoms with E-state index in [9.17, 15) is 14.4 Å². The first-order valence-corrected chi connectivity index (χ1v) is 7.70. The van der Waals surface area contributed by atoms with E-state index in [-0.39, 0.29) is 30.6 Å². The monoisotopic (exact) mass is 318 g/mol. The summed E-state index contributed by atoms with van der Waals surface area (Å²) in [6, 6.07) is 6.81. The molecule has 2 amide bonds. The minimum absolute atomic E-state index is 0.0536. The van der Waals surface area contributed by atoms with Crippen LogP contribution in [0.4, 0.5) is 0 Å². The van der Waals surface area contributed by atoms with Gasteiger partial charge in [0, 0.05) is 25.9 Å². The molecule has 6 nitrogen and oxygen atoms in total. The van der Waals surface area contributed by atoms with Crippen LogP contribution in [0.1, 0.15) is 36.4 Å². The summed E-state index contributed by atoms with van der Waals surface area (Å²) in [6.45, 7) is 2.43. The van der Waals surface area contributed by atoms with Gasteiger partial charge in [0.25, 0.3) is 0 Å². The SMILES string of the molecule is Cc1ccccc1C(CC(=O)O)NC(=O)C1CCN(C)C(=O)C1. The van der Waals surface area contributed by atoms with Crippen LogP contribution < -0.4 is 5.32 Å². The van der Waals surface area contributed by atoms with Crippen molar-refractivity contribution in [2.75, 3.05) is 13.6 Å². The molecular weight excluding hydrogens is 296 g/mol. The maximum absolute atomic E-state index is 12.5. The smallest absolute Gasteiger partial charge is 0.305 e. The molecule has 2 atom stereocenters. The summed E-state index contributed by atoms with van der Waals surface area (Å²) in [4.78, 5) is 36.9. The lowest BCUT2D eigenvalue weighted by molar-refractivity contribution is -0.140. The summed E-state index contributed by atoms with van der Waals surface area (Å²) in [5.41, 5.74) is 1.72. The van der Waals surface area contributed by atoms with Gasteiger partial charge < -0.3 is 15.3 Å². The zero-order valence-electron chi connectivity index (χ0n) is 13.4. The molecule has 0 radical (unpaired) electrons. The second kappa shape index (κ2) is 7.26. The second-order valence-electron chi connectivity index (χ2n) is 6.02. The van der Waals surface area contributed by atoms with Crippen molar-refractivity contribution in [1.82, 2.24) is 10.2 Å². The highest BCUT2D eigenvalue weighted by molar-refractivity contribution is 5.87. The number of amides is 2. The first kappa shape index (κ1) is 17.0. The number of carboxylic acids is 1. The first-order valence-electron chi connectivity index (χ1n) is 7.70. The maximum Gasteiger partial charge on any atom is 0.305 e. The number of nitrogens with zero attached hydrogens (tertiary/aromatic N) is 1. The van der Waals surface area contributed by atoms with Crippen LogP contribution in [-0.4, -0.2) is 41.4 Å². The highest BCUT2D eigenvalue weighted by Gasteiger charge is 2.30. The van der Waals surface area contributed by atoms with Crippen LogP contribution >= 0.6 is 0 Å². The molecule has 1 aromatic carbocycles. The number of rotatable bonds is 5. The second-order valence-corrected chi connectivity index (χ2v) is 6.02. The quantitative estimate of drug-likeness (QED) is 0.861. The van der Waals surface area contributed by atoms with Crippen molar-refractivity contribution in [1.29, 1.82) is 0 Å². The molecule has 2 rings (SSSR count). The molecule has 1 fully saturated rings. The van der Waals surface area contributed by atoms with E-state index < -0.39 is 12.0 Å². The molecule has 1 heterocycles. The van der Waals surface area contributed by atoms with Gasteiger partial charge in [0.15, 0.2) is 0 Å². The van der Waals surface area contributed by atoms with Crippen molar-refractivity contribution in [3.05, 3.63) is 35.4 Å². The Morgan fingerprint density at radius 2 is 2.09 bits per heavy atom. The van der Waals surface area contributed by atoms with Gasteiger partial charge in [-0.15, -0.1) is 0 Å². The number of aliphatic carboxylic acids is 1. The molecule has 0 saturated carbocycles. The summed E-state index contributed by atoms with van der Waals surface area (Å²) in [5, 5.41) is 11.9. The van der Waals surface area contributed by atoms with Crippen LogP contribution in [0, 0.1) is 12.8 Å². The molecule has 1 aliphatic rings. The largest absolute Gasteiger partial charge is 0.481 e. The number of carbonyl (C=O) groups excluding carboxylic acids is 2. The van der Waals surface area contributed by atoms with Gasteiger partial charge in [-0.2, -0.15) is 0 Å². The number of carboxylic acid groups (broad SMARTS) is 1. The average Bonchev–Trinajstić information content (AvgIpc) is 2.49. The molecular formula is C17H22N2O4. The van der Waals surface area contributed by atoms with E-state index in [1.165, 1.54) is 0 Å². The van der Waals surface area contributed by atoms with E-state index in [2.05, 4.69) is 5.32 Å². The van der Waals surface area contributed by atoms with Gasteiger partial charge in [0.1, 0.15) is 0 Å². The predicted octanol–water partition coefficient (Wildman–Crippen LogP) is 1.50. The number of nitrogens with one attached hydrogen (secondary N) is 1. The fraction of sp³-hybridized carbons (Fsp3) is 0.471. The topological polar surface area (TPSA) is 86.7 Å². The molecule has 1 aliphatic heterocycles. The number of hydrogen-bond acceptors (Lipinski definition) is 3. The highest BCUT2D eigenvalue weighted by Crippen LogP contribution is 2.23. The molecule has 1 saturated heterocycles. The maximum atomic E-state index is 12.5. The third kappa shape index (κ3) is 4.31. The van der Waals surface area contributed by atoms with Gasteiger partial charge in [0.2, 0.25) is 11.8 Å². The Hall–Kier alpha value is -2.37. The van der Waals surface area contributed by atoms with Gasteiger partial charge in [-0.1, -0.05) is 24.3 Å². The van der Waals surface area contributed by atoms with Crippen molar-refractivity contribution < 1.29 is 19.5 Å². The van der Waals surface area contributed by atoms with Crippen LogP contribution in [0.15, 0.2) is 24.3 Å². The molecule has 23 heavy (non-hydrogen) atoms. The highest BCUT2D eigenvalue weighted by atomic mass is 16.4. The number of piperidine rings is 1. The van der Waals surface area contributed by atoms with E-state index in [1.807, 2.05) is 31.2 Å². The number of aryl methyl sites for hydroxylation is 1. The van der Waals surface area contributed by atoms with Gasteiger partial charge in [0.05, 0.1) is 12.5 Å². The van der Waals surface area contributed by atoms with Crippen molar-refractivity contribution in [2.45, 2.75) is 32.2 Å². The average molecular weight is 318 g/mol. The molecule has 0 bridgehead atoms. The van der Waals surface area contributed by atoms with Crippen LogP contribution in [0.5, 0.6) is 0 Å². The van der Waals surface area contributed by atoms with Gasteiger partial charge >= 0.3 is 5.97 Å². The molecule has 6 heteroatoms. The zero-order chi connectivity index (χ0) is 17.0. The number of benzene rings is 1. The summed E-state index contributed by atoms with van der Waals surface area (Å²) >= 11 is 0. The van der Waals surface area contributed by atoms with E-state index in [1.54, 1.807) is 11.9 Å². The molecule has 1 aromatic rings. The summed E-state index contributed by atoms with van der Waals surface area (Å²) in [6.07, 6.45) is 0.592. The Morgan fingerprint density at radius 3 is 2.70 bits per heavy atom. The minimum atomic E-state index is -0.974. The van der Waals surface area contributed by atoms with Crippen LogP contribution in [0.2, 0.25) is 0 Å². The third-order valence-corrected chi connectivity index (χ3v) is 4.29. The standard InChI is InChI=1S/C17H22N2O4/c1-11-5-3-4-6-13(11)14(10-16(21)22)18-17(23)12-7-8-19(2)15(20)9-12/h3-6,12,14H,7-10H2,1-2H3,(H,18,23)(H,21,22). The van der Waals surface area contributed by atoms with Crippen molar-refractivity contribution in [3.63, 3.8) is 0 Å². The third-order valence-electron chi connectivity index (χ3n) is 4.29. The fourth-order valence-electron chi connectivity index (χ4n) is 2.85. The summed E-state index contributed by atoms with van der Waals surface area (Å²) in [7, 11) is 1.72. The number of hydrogen-bond donors (Lipinski definition) is 2. The van der Waals surface area contributed by atoms with E-state index in [0.717, 1.165) is 11.1 Å². The summed E-state index contributed by atoms with van der Waals surface area (Å²) in [5.74, 6) is -1.67. The van der Waals surface area contributed by atoms with Gasteiger partial charge in [-0.25, -0.2) is 0 Å². The predicted molar refractivity (Wildman–Crippen MR) is 84.7 cm³/mol.